The second-order valence-electron chi connectivity index (χ2n) is 6.10. The zero-order valence-corrected chi connectivity index (χ0v) is 17.0. The normalized spacial score (nSPS) is 10.6. The van der Waals surface area contributed by atoms with Gasteiger partial charge in [0.2, 0.25) is 0 Å². The molecular formula is C20H20FN3O2S2. The number of thiocarbonyl (C=S) groups is 1. The van der Waals surface area contributed by atoms with E-state index >= 15 is 0 Å². The van der Waals surface area contributed by atoms with Crippen molar-refractivity contribution >= 4 is 50.5 Å². The van der Waals surface area contributed by atoms with Gasteiger partial charge in [-0.2, -0.15) is 0 Å². The first-order chi connectivity index (χ1) is 13.6. The van der Waals surface area contributed by atoms with Gasteiger partial charge < -0.3 is 10.1 Å². The summed E-state index contributed by atoms with van der Waals surface area (Å²) < 4.78 is 20.5. The molecule has 146 valence electrons. The lowest BCUT2D eigenvalue weighted by Gasteiger charge is -2.11. The highest BCUT2D eigenvalue weighted by Crippen LogP contribution is 2.23. The number of para-hydroxylation sites is 1. The molecule has 0 bridgehead atoms. The molecule has 3 rings (SSSR count). The Morgan fingerprint density at radius 3 is 2.82 bits per heavy atom. The van der Waals surface area contributed by atoms with Crippen LogP contribution in [0.3, 0.4) is 0 Å². The molecule has 8 heteroatoms. The fraction of sp³-hybridized carbons (Fsp3) is 0.250. The molecule has 0 atom stereocenters. The number of benzene rings is 2. The zero-order chi connectivity index (χ0) is 19.9. The number of nitrogens with one attached hydrogen (secondary N) is 2. The molecule has 0 unspecified atom stereocenters. The first kappa shape index (κ1) is 20.2. The molecule has 1 heterocycles. The molecule has 2 N–H and O–H groups in total. The highest BCUT2D eigenvalue weighted by Gasteiger charge is 2.14. The molecule has 0 saturated heterocycles. The summed E-state index contributed by atoms with van der Waals surface area (Å²) in [6, 6.07) is 12.0. The van der Waals surface area contributed by atoms with Crippen LogP contribution >= 0.6 is 23.6 Å². The van der Waals surface area contributed by atoms with Crippen LogP contribution in [-0.4, -0.2) is 22.6 Å². The van der Waals surface area contributed by atoms with Crippen molar-refractivity contribution in [1.82, 2.24) is 10.3 Å². The number of anilines is 1. The van der Waals surface area contributed by atoms with Crippen molar-refractivity contribution in [3.63, 3.8) is 0 Å². The number of thiazole rings is 1. The molecule has 2 aromatic carbocycles. The molecule has 0 fully saturated rings. The van der Waals surface area contributed by atoms with Crippen LogP contribution in [0.2, 0.25) is 0 Å². The third-order valence-electron chi connectivity index (χ3n) is 3.91. The first-order valence-corrected chi connectivity index (χ1v) is 10.2. The molecular weight excluding hydrogens is 397 g/mol. The minimum absolute atomic E-state index is 0.0697. The van der Waals surface area contributed by atoms with E-state index in [4.69, 9.17) is 17.0 Å². The second kappa shape index (κ2) is 9.57. The van der Waals surface area contributed by atoms with Crippen molar-refractivity contribution in [2.24, 2.45) is 0 Å². The average molecular weight is 418 g/mol. The predicted octanol–water partition coefficient (Wildman–Crippen LogP) is 5.13. The molecule has 1 amide bonds. The van der Waals surface area contributed by atoms with Gasteiger partial charge in [-0.3, -0.25) is 10.1 Å². The Morgan fingerprint density at radius 1 is 1.25 bits per heavy atom. The Kier molecular flexibility index (Phi) is 6.89. The maximum absolute atomic E-state index is 14.2. The quantitative estimate of drug-likeness (QED) is 0.412. The molecule has 28 heavy (non-hydrogen) atoms. The van der Waals surface area contributed by atoms with Crippen LogP contribution in [0.4, 0.5) is 10.1 Å². The minimum atomic E-state index is -0.484. The molecule has 0 spiro atoms. The highest BCUT2D eigenvalue weighted by atomic mass is 32.1. The van der Waals surface area contributed by atoms with Crippen LogP contribution in [0.25, 0.3) is 10.2 Å². The Labute approximate surface area is 171 Å². The summed E-state index contributed by atoms with van der Waals surface area (Å²) in [5.41, 5.74) is 1.18. The smallest absolute Gasteiger partial charge is 0.286 e. The van der Waals surface area contributed by atoms with Crippen LogP contribution in [-0.2, 0) is 0 Å². The number of halogens is 1. The van der Waals surface area contributed by atoms with Crippen LogP contribution in [0, 0.1) is 5.82 Å². The van der Waals surface area contributed by atoms with Crippen molar-refractivity contribution in [1.29, 1.82) is 0 Å². The number of amides is 1. The average Bonchev–Trinajstić information content (AvgIpc) is 3.11. The number of rotatable bonds is 7. The van der Waals surface area contributed by atoms with E-state index in [9.17, 15) is 9.18 Å². The summed E-state index contributed by atoms with van der Waals surface area (Å²) in [6.45, 7) is 2.58. The Bertz CT molecular complexity index is 957. The number of fused-ring (bicyclic) bond motifs is 1. The third kappa shape index (κ3) is 5.24. The number of hydrogen-bond acceptors (Lipinski definition) is 5. The summed E-state index contributed by atoms with van der Waals surface area (Å²) in [4.78, 5) is 16.6. The van der Waals surface area contributed by atoms with Crippen molar-refractivity contribution in [3.05, 3.63) is 53.3 Å². The number of carbonyl (C=O) groups excluding carboxylic acids is 1. The van der Waals surface area contributed by atoms with Gasteiger partial charge in [0.05, 0.1) is 16.8 Å². The monoisotopic (exact) mass is 417 g/mol. The maximum Gasteiger partial charge on any atom is 0.286 e. The molecule has 0 aliphatic carbocycles. The fourth-order valence-electron chi connectivity index (χ4n) is 2.52. The van der Waals surface area contributed by atoms with E-state index in [0.29, 0.717) is 17.3 Å². The lowest BCUT2D eigenvalue weighted by molar-refractivity contribution is 0.0977. The Balaban J connectivity index is 1.56. The van der Waals surface area contributed by atoms with Gasteiger partial charge in [-0.15, -0.1) is 11.3 Å². The van der Waals surface area contributed by atoms with E-state index in [2.05, 4.69) is 22.5 Å². The predicted molar refractivity (Wildman–Crippen MR) is 115 cm³/mol. The number of nitrogens with zero attached hydrogens (tertiary/aromatic N) is 1. The number of unbranched alkanes of at least 4 members (excludes halogenated alkanes) is 2. The van der Waals surface area contributed by atoms with Gasteiger partial charge >= 0.3 is 0 Å². The summed E-state index contributed by atoms with van der Waals surface area (Å²) in [5, 5.41) is 5.75. The largest absolute Gasteiger partial charge is 0.491 e. The van der Waals surface area contributed by atoms with Crippen molar-refractivity contribution in [2.75, 3.05) is 11.9 Å². The van der Waals surface area contributed by atoms with Crippen molar-refractivity contribution in [2.45, 2.75) is 26.2 Å². The number of carbonyl (C=O) groups is 1. The van der Waals surface area contributed by atoms with E-state index in [-0.39, 0.29) is 10.9 Å². The first-order valence-electron chi connectivity index (χ1n) is 8.97. The molecule has 0 saturated carbocycles. The molecule has 5 nitrogen and oxygen atoms in total. The van der Waals surface area contributed by atoms with E-state index in [1.807, 2.05) is 24.3 Å². The third-order valence-corrected chi connectivity index (χ3v) is 5.15. The maximum atomic E-state index is 14.2. The standard InChI is InChI=1S/C20H20FN3O2S2/c1-2-3-6-11-26-16-10-9-13(12-14(16)21)22-20(27)24-18(25)19-23-15-7-4-5-8-17(15)28-19/h4-5,7-10,12H,2-3,6,11H2,1H3,(H2,22,24,25,27). The van der Waals surface area contributed by atoms with Crippen LogP contribution < -0.4 is 15.4 Å². The lowest BCUT2D eigenvalue weighted by atomic mass is 10.2. The van der Waals surface area contributed by atoms with Crippen molar-refractivity contribution in [3.8, 4) is 5.75 Å². The van der Waals surface area contributed by atoms with Crippen LogP contribution in [0.1, 0.15) is 36.0 Å². The lowest BCUT2D eigenvalue weighted by Crippen LogP contribution is -2.34. The summed E-state index contributed by atoms with van der Waals surface area (Å²) in [5.74, 6) is -0.692. The van der Waals surface area contributed by atoms with Crippen molar-refractivity contribution < 1.29 is 13.9 Å². The van der Waals surface area contributed by atoms with Crippen LogP contribution in [0.15, 0.2) is 42.5 Å². The van der Waals surface area contributed by atoms with E-state index in [1.165, 1.54) is 17.4 Å². The number of ether oxygens (including phenoxy) is 1. The summed E-state index contributed by atoms with van der Waals surface area (Å²) >= 11 is 6.43. The molecule has 0 radical (unpaired) electrons. The number of aromatic nitrogens is 1. The topological polar surface area (TPSA) is 63.2 Å². The Hall–Kier alpha value is -2.58. The molecule has 3 aromatic rings. The van der Waals surface area contributed by atoms with E-state index in [1.54, 1.807) is 12.1 Å². The van der Waals surface area contributed by atoms with Gasteiger partial charge in [0.1, 0.15) is 0 Å². The Morgan fingerprint density at radius 2 is 2.07 bits per heavy atom. The van der Waals surface area contributed by atoms with E-state index < -0.39 is 11.7 Å². The highest BCUT2D eigenvalue weighted by molar-refractivity contribution is 7.80. The van der Waals surface area contributed by atoms with Gasteiger partial charge in [-0.25, -0.2) is 9.37 Å². The van der Waals surface area contributed by atoms with Gasteiger partial charge in [-0.05, 0) is 42.9 Å². The van der Waals surface area contributed by atoms with Gasteiger partial charge in [0.25, 0.3) is 5.91 Å². The SMILES string of the molecule is CCCCCOc1ccc(NC(=S)NC(=O)c2nc3ccccc3s2)cc1F. The minimum Gasteiger partial charge on any atom is -0.491 e. The van der Waals surface area contributed by atoms with Crippen LogP contribution in [0.5, 0.6) is 5.75 Å². The number of hydrogen-bond donors (Lipinski definition) is 2. The summed E-state index contributed by atoms with van der Waals surface area (Å²) in [6.07, 6.45) is 3.01. The van der Waals surface area contributed by atoms with Gasteiger partial charge in [0, 0.05) is 11.8 Å². The fourth-order valence-corrected chi connectivity index (χ4v) is 3.59. The summed E-state index contributed by atoms with van der Waals surface area (Å²) in [7, 11) is 0. The van der Waals surface area contributed by atoms with Gasteiger partial charge in [0.15, 0.2) is 21.7 Å². The zero-order valence-electron chi connectivity index (χ0n) is 15.3. The molecule has 1 aromatic heterocycles. The van der Waals surface area contributed by atoms with E-state index in [0.717, 1.165) is 29.5 Å². The molecule has 0 aliphatic heterocycles. The second-order valence-corrected chi connectivity index (χ2v) is 7.53. The molecule has 0 aliphatic rings. The van der Waals surface area contributed by atoms with Gasteiger partial charge in [-0.1, -0.05) is 31.9 Å².